The van der Waals surface area contributed by atoms with Crippen LogP contribution in [0.2, 0.25) is 0 Å². The number of carbonyl (C=O) groups excluding carboxylic acids is 2. The topological polar surface area (TPSA) is 58.2 Å². The number of para-hydroxylation sites is 1. The van der Waals surface area contributed by atoms with Gasteiger partial charge >= 0.3 is 0 Å². The summed E-state index contributed by atoms with van der Waals surface area (Å²) in [5.41, 5.74) is 0.561. The van der Waals surface area contributed by atoms with Gasteiger partial charge in [-0.25, -0.2) is 0 Å². The SMILES string of the molecule is Cc1ccccc1NC(=O)C1(C(=O)NC(C)(C)C)CC1. The van der Waals surface area contributed by atoms with Gasteiger partial charge < -0.3 is 10.6 Å². The third-order valence-corrected chi connectivity index (χ3v) is 3.50. The summed E-state index contributed by atoms with van der Waals surface area (Å²) in [5, 5.41) is 5.78. The van der Waals surface area contributed by atoms with Crippen molar-refractivity contribution in [3.63, 3.8) is 0 Å². The van der Waals surface area contributed by atoms with Crippen molar-refractivity contribution in [2.45, 2.75) is 46.1 Å². The van der Waals surface area contributed by atoms with Crippen LogP contribution in [0.1, 0.15) is 39.2 Å². The van der Waals surface area contributed by atoms with E-state index < -0.39 is 5.41 Å². The highest BCUT2D eigenvalue weighted by atomic mass is 16.2. The van der Waals surface area contributed by atoms with Crippen molar-refractivity contribution in [2.24, 2.45) is 5.41 Å². The number of anilines is 1. The summed E-state index contributed by atoms with van der Waals surface area (Å²) in [6.07, 6.45) is 1.24. The minimum atomic E-state index is -0.879. The highest BCUT2D eigenvalue weighted by molar-refractivity contribution is 6.13. The predicted molar refractivity (Wildman–Crippen MR) is 79.4 cm³/mol. The van der Waals surface area contributed by atoms with Crippen molar-refractivity contribution < 1.29 is 9.59 Å². The monoisotopic (exact) mass is 274 g/mol. The fourth-order valence-electron chi connectivity index (χ4n) is 2.10. The van der Waals surface area contributed by atoms with Crippen LogP contribution in [-0.4, -0.2) is 17.4 Å². The van der Waals surface area contributed by atoms with Gasteiger partial charge in [0.05, 0.1) is 0 Å². The minimum Gasteiger partial charge on any atom is -0.351 e. The van der Waals surface area contributed by atoms with Gasteiger partial charge in [-0.2, -0.15) is 0 Å². The summed E-state index contributed by atoms with van der Waals surface area (Å²) in [7, 11) is 0. The minimum absolute atomic E-state index is 0.170. The maximum atomic E-state index is 12.4. The molecule has 1 saturated carbocycles. The first-order chi connectivity index (χ1) is 9.24. The second kappa shape index (κ2) is 4.93. The van der Waals surface area contributed by atoms with Gasteiger partial charge in [0, 0.05) is 11.2 Å². The van der Waals surface area contributed by atoms with Gasteiger partial charge in [0.25, 0.3) is 0 Å². The highest BCUT2D eigenvalue weighted by Gasteiger charge is 2.57. The Bertz CT molecular complexity index is 540. The molecule has 1 fully saturated rings. The van der Waals surface area contributed by atoms with Crippen LogP contribution in [0.5, 0.6) is 0 Å². The van der Waals surface area contributed by atoms with E-state index in [1.54, 1.807) is 0 Å². The van der Waals surface area contributed by atoms with Gasteiger partial charge in [0.1, 0.15) is 5.41 Å². The molecule has 0 heterocycles. The van der Waals surface area contributed by atoms with E-state index in [2.05, 4.69) is 10.6 Å². The summed E-state index contributed by atoms with van der Waals surface area (Å²) in [6, 6.07) is 7.58. The van der Waals surface area contributed by atoms with Crippen LogP contribution in [0.3, 0.4) is 0 Å². The van der Waals surface area contributed by atoms with Crippen molar-refractivity contribution in [1.82, 2.24) is 5.32 Å². The highest BCUT2D eigenvalue weighted by Crippen LogP contribution is 2.47. The number of carbonyl (C=O) groups is 2. The van der Waals surface area contributed by atoms with E-state index in [1.807, 2.05) is 52.0 Å². The Labute approximate surface area is 119 Å². The van der Waals surface area contributed by atoms with Crippen LogP contribution in [0.15, 0.2) is 24.3 Å². The van der Waals surface area contributed by atoms with Gasteiger partial charge in [-0.05, 0) is 52.2 Å². The van der Waals surface area contributed by atoms with Gasteiger partial charge in [0.15, 0.2) is 0 Å². The summed E-state index contributed by atoms with van der Waals surface area (Å²) < 4.78 is 0. The first kappa shape index (κ1) is 14.6. The Hall–Kier alpha value is -1.84. The Morgan fingerprint density at radius 2 is 1.70 bits per heavy atom. The van der Waals surface area contributed by atoms with E-state index >= 15 is 0 Å². The fourth-order valence-corrected chi connectivity index (χ4v) is 2.10. The lowest BCUT2D eigenvalue weighted by molar-refractivity contribution is -0.135. The summed E-state index contributed by atoms with van der Waals surface area (Å²) in [4.78, 5) is 24.7. The molecule has 0 aromatic heterocycles. The number of benzene rings is 1. The summed E-state index contributed by atoms with van der Waals surface area (Å²) in [5.74, 6) is -0.371. The molecule has 2 amide bonds. The molecule has 0 spiro atoms. The molecule has 2 rings (SSSR count). The quantitative estimate of drug-likeness (QED) is 0.832. The van der Waals surface area contributed by atoms with E-state index in [9.17, 15) is 9.59 Å². The maximum absolute atomic E-state index is 12.4. The van der Waals surface area contributed by atoms with Crippen LogP contribution in [0.25, 0.3) is 0 Å². The van der Waals surface area contributed by atoms with Crippen LogP contribution in [0, 0.1) is 12.3 Å². The van der Waals surface area contributed by atoms with Crippen LogP contribution in [-0.2, 0) is 9.59 Å². The maximum Gasteiger partial charge on any atom is 0.240 e. The molecule has 1 aromatic carbocycles. The number of nitrogens with one attached hydrogen (secondary N) is 2. The number of aryl methyl sites for hydroxylation is 1. The van der Waals surface area contributed by atoms with Crippen LogP contribution in [0.4, 0.5) is 5.69 Å². The van der Waals surface area contributed by atoms with Gasteiger partial charge in [-0.3, -0.25) is 9.59 Å². The van der Waals surface area contributed by atoms with Crippen molar-refractivity contribution in [3.8, 4) is 0 Å². The van der Waals surface area contributed by atoms with Gasteiger partial charge in [-0.15, -0.1) is 0 Å². The summed E-state index contributed by atoms with van der Waals surface area (Å²) >= 11 is 0. The van der Waals surface area contributed by atoms with Gasteiger partial charge in [0.2, 0.25) is 11.8 Å². The van der Waals surface area contributed by atoms with Gasteiger partial charge in [-0.1, -0.05) is 18.2 Å². The molecular weight excluding hydrogens is 252 g/mol. The molecular formula is C16H22N2O2. The Morgan fingerprint density at radius 3 is 2.20 bits per heavy atom. The van der Waals surface area contributed by atoms with E-state index in [-0.39, 0.29) is 17.4 Å². The second-order valence-corrected chi connectivity index (χ2v) is 6.56. The molecule has 1 aliphatic rings. The molecule has 20 heavy (non-hydrogen) atoms. The Morgan fingerprint density at radius 1 is 1.10 bits per heavy atom. The van der Waals surface area contributed by atoms with Crippen molar-refractivity contribution in [2.75, 3.05) is 5.32 Å². The van der Waals surface area contributed by atoms with E-state index in [0.29, 0.717) is 12.8 Å². The third-order valence-electron chi connectivity index (χ3n) is 3.50. The van der Waals surface area contributed by atoms with Crippen molar-refractivity contribution in [1.29, 1.82) is 0 Å². The smallest absolute Gasteiger partial charge is 0.240 e. The molecule has 1 aliphatic carbocycles. The van der Waals surface area contributed by atoms with Crippen LogP contribution < -0.4 is 10.6 Å². The lowest BCUT2D eigenvalue weighted by Gasteiger charge is -2.24. The lowest BCUT2D eigenvalue weighted by atomic mass is 10.0. The fraction of sp³-hybridized carbons (Fsp3) is 0.500. The lowest BCUT2D eigenvalue weighted by Crippen LogP contribution is -2.48. The Kier molecular flexibility index (Phi) is 3.59. The molecule has 0 radical (unpaired) electrons. The number of amides is 2. The molecule has 108 valence electrons. The number of hydrogen-bond acceptors (Lipinski definition) is 2. The molecule has 0 unspecified atom stereocenters. The largest absolute Gasteiger partial charge is 0.351 e. The van der Waals surface area contributed by atoms with Crippen molar-refractivity contribution >= 4 is 17.5 Å². The normalized spacial score (nSPS) is 16.4. The first-order valence-electron chi connectivity index (χ1n) is 6.94. The average Bonchev–Trinajstić information content (AvgIpc) is 3.11. The molecule has 0 bridgehead atoms. The molecule has 4 heteroatoms. The zero-order chi connectivity index (χ0) is 15.0. The predicted octanol–water partition coefficient (Wildman–Crippen LogP) is 2.63. The second-order valence-electron chi connectivity index (χ2n) is 6.56. The molecule has 2 N–H and O–H groups in total. The standard InChI is InChI=1S/C16H22N2O2/c1-11-7-5-6-8-12(11)17-13(19)16(9-10-16)14(20)18-15(2,3)4/h5-8H,9-10H2,1-4H3,(H,17,19)(H,18,20). The third kappa shape index (κ3) is 3.00. The van der Waals surface area contributed by atoms with Crippen molar-refractivity contribution in [3.05, 3.63) is 29.8 Å². The Balaban J connectivity index is 2.09. The van der Waals surface area contributed by atoms with E-state index in [1.165, 1.54) is 0 Å². The zero-order valence-electron chi connectivity index (χ0n) is 12.5. The van der Waals surface area contributed by atoms with E-state index in [4.69, 9.17) is 0 Å². The summed E-state index contributed by atoms with van der Waals surface area (Å²) in [6.45, 7) is 7.69. The number of rotatable bonds is 3. The number of hydrogen-bond donors (Lipinski definition) is 2. The molecule has 4 nitrogen and oxygen atoms in total. The zero-order valence-corrected chi connectivity index (χ0v) is 12.5. The molecule has 0 atom stereocenters. The molecule has 0 saturated heterocycles. The average molecular weight is 274 g/mol. The molecule has 0 aliphatic heterocycles. The first-order valence-corrected chi connectivity index (χ1v) is 6.94. The molecule has 1 aromatic rings. The van der Waals surface area contributed by atoms with E-state index in [0.717, 1.165) is 11.3 Å². The van der Waals surface area contributed by atoms with Crippen LogP contribution >= 0.6 is 0 Å².